The van der Waals surface area contributed by atoms with E-state index in [1.807, 2.05) is 60.7 Å². The minimum Gasteiger partial charge on any atom is -0.497 e. The predicted molar refractivity (Wildman–Crippen MR) is 85.2 cm³/mol. The second-order valence-corrected chi connectivity index (χ2v) is 4.41. The van der Waals surface area contributed by atoms with Crippen LogP contribution in [0.1, 0.15) is 11.1 Å². The van der Waals surface area contributed by atoms with Gasteiger partial charge in [-0.05, 0) is 29.3 Å². The molecule has 0 aliphatic rings. The third-order valence-corrected chi connectivity index (χ3v) is 2.94. The van der Waals surface area contributed by atoms with Gasteiger partial charge < -0.3 is 4.74 Å². The lowest BCUT2D eigenvalue weighted by Gasteiger charge is -1.99. The van der Waals surface area contributed by atoms with E-state index in [9.17, 15) is 0 Å². The van der Waals surface area contributed by atoms with Crippen LogP contribution in [0.4, 0.5) is 0 Å². The van der Waals surface area contributed by atoms with Crippen molar-refractivity contribution in [1.29, 1.82) is 5.26 Å². The van der Waals surface area contributed by atoms with Crippen LogP contribution >= 0.6 is 0 Å². The van der Waals surface area contributed by atoms with Gasteiger partial charge in [0.25, 0.3) is 0 Å². The molecule has 2 aromatic rings. The van der Waals surface area contributed by atoms with E-state index < -0.39 is 0 Å². The molecule has 0 aromatic heterocycles. The summed E-state index contributed by atoms with van der Waals surface area (Å²) in [6, 6.07) is 19.6. The zero-order chi connectivity index (χ0) is 14.9. The van der Waals surface area contributed by atoms with Crippen LogP contribution in [0, 0.1) is 11.3 Å². The lowest BCUT2D eigenvalue weighted by molar-refractivity contribution is 0.415. The van der Waals surface area contributed by atoms with Crippen LogP contribution < -0.4 is 4.74 Å². The molecule has 0 saturated carbocycles. The Balaban J connectivity index is 2.04. The minimum atomic E-state index is 0.412. The molecule has 0 spiro atoms. The first-order valence-corrected chi connectivity index (χ1v) is 6.62. The molecule has 0 saturated heterocycles. The standard InChI is InChI=1S/C18H16N2O/c1-21-18-11-8-15(9-12-18)7-10-17(13-19)20-14-16-5-3-2-4-6-16/h2-12H,14H2,1H3/b10-7+,20-17?. The van der Waals surface area contributed by atoms with Gasteiger partial charge in [0.2, 0.25) is 0 Å². The fourth-order valence-corrected chi connectivity index (χ4v) is 1.78. The van der Waals surface area contributed by atoms with Gasteiger partial charge in [-0.1, -0.05) is 48.5 Å². The number of ether oxygens (including phenoxy) is 1. The van der Waals surface area contributed by atoms with E-state index in [4.69, 9.17) is 10.00 Å². The number of rotatable bonds is 5. The maximum atomic E-state index is 9.11. The Hall–Kier alpha value is -2.86. The van der Waals surface area contributed by atoms with Crippen molar-refractivity contribution in [1.82, 2.24) is 0 Å². The van der Waals surface area contributed by atoms with Crippen molar-refractivity contribution in [3.05, 3.63) is 71.8 Å². The summed E-state index contributed by atoms with van der Waals surface area (Å²) in [6.45, 7) is 0.511. The summed E-state index contributed by atoms with van der Waals surface area (Å²) in [5, 5.41) is 9.11. The summed E-state index contributed by atoms with van der Waals surface area (Å²) < 4.78 is 5.10. The smallest absolute Gasteiger partial charge is 0.135 e. The number of allylic oxidation sites excluding steroid dienone is 1. The molecule has 0 atom stereocenters. The lowest BCUT2D eigenvalue weighted by atomic mass is 10.2. The highest BCUT2D eigenvalue weighted by molar-refractivity contribution is 6.09. The highest BCUT2D eigenvalue weighted by atomic mass is 16.5. The fraction of sp³-hybridized carbons (Fsp3) is 0.111. The number of hydrogen-bond donors (Lipinski definition) is 0. The molecule has 0 fully saturated rings. The van der Waals surface area contributed by atoms with E-state index in [0.29, 0.717) is 12.3 Å². The van der Waals surface area contributed by atoms with Crippen LogP contribution in [0.15, 0.2) is 65.7 Å². The Labute approximate surface area is 124 Å². The maximum Gasteiger partial charge on any atom is 0.135 e. The third-order valence-electron chi connectivity index (χ3n) is 2.94. The number of hydrogen-bond acceptors (Lipinski definition) is 3. The Morgan fingerprint density at radius 2 is 1.86 bits per heavy atom. The molecule has 0 heterocycles. The second-order valence-electron chi connectivity index (χ2n) is 4.41. The van der Waals surface area contributed by atoms with Crippen LogP contribution in [0.5, 0.6) is 5.75 Å². The molecule has 0 aliphatic heterocycles. The normalized spacial score (nSPS) is 11.3. The van der Waals surface area contributed by atoms with E-state index >= 15 is 0 Å². The summed E-state index contributed by atoms with van der Waals surface area (Å²) >= 11 is 0. The van der Waals surface area contributed by atoms with Crippen molar-refractivity contribution >= 4 is 11.8 Å². The topological polar surface area (TPSA) is 45.4 Å². The van der Waals surface area contributed by atoms with Crippen molar-refractivity contribution in [2.75, 3.05) is 7.11 Å². The number of benzene rings is 2. The van der Waals surface area contributed by atoms with Gasteiger partial charge in [-0.25, -0.2) is 0 Å². The highest BCUT2D eigenvalue weighted by Gasteiger charge is 1.94. The molecule has 104 valence electrons. The molecule has 2 rings (SSSR count). The van der Waals surface area contributed by atoms with Crippen LogP contribution in [0.2, 0.25) is 0 Å². The van der Waals surface area contributed by atoms with Crippen LogP contribution in [-0.4, -0.2) is 12.8 Å². The highest BCUT2D eigenvalue weighted by Crippen LogP contribution is 2.12. The Kier molecular flexibility index (Phi) is 5.31. The van der Waals surface area contributed by atoms with Crippen molar-refractivity contribution in [2.24, 2.45) is 4.99 Å². The number of nitrogens with zero attached hydrogens (tertiary/aromatic N) is 2. The number of nitriles is 1. The SMILES string of the molecule is COc1ccc(/C=C/C(C#N)=NCc2ccccc2)cc1. The average Bonchev–Trinajstić information content (AvgIpc) is 2.56. The zero-order valence-electron chi connectivity index (χ0n) is 11.9. The molecule has 0 unspecified atom stereocenters. The maximum absolute atomic E-state index is 9.11. The van der Waals surface area contributed by atoms with Crippen LogP contribution in [0.25, 0.3) is 6.08 Å². The largest absolute Gasteiger partial charge is 0.497 e. The molecule has 21 heavy (non-hydrogen) atoms. The summed E-state index contributed by atoms with van der Waals surface area (Å²) in [6.07, 6.45) is 3.59. The molecule has 0 N–H and O–H groups in total. The third kappa shape index (κ3) is 4.63. The monoisotopic (exact) mass is 276 g/mol. The molecule has 3 heteroatoms. The second kappa shape index (κ2) is 7.66. The Morgan fingerprint density at radius 3 is 2.48 bits per heavy atom. The van der Waals surface area contributed by atoms with Gasteiger partial charge >= 0.3 is 0 Å². The molecular weight excluding hydrogens is 260 g/mol. The molecule has 0 bridgehead atoms. The van der Waals surface area contributed by atoms with Gasteiger partial charge in [-0.2, -0.15) is 5.26 Å². The van der Waals surface area contributed by atoms with Gasteiger partial charge in [0.15, 0.2) is 0 Å². The molecule has 0 radical (unpaired) electrons. The van der Waals surface area contributed by atoms with E-state index in [-0.39, 0.29) is 0 Å². The first-order valence-electron chi connectivity index (χ1n) is 6.62. The Morgan fingerprint density at radius 1 is 1.14 bits per heavy atom. The number of methoxy groups -OCH3 is 1. The summed E-state index contributed by atoms with van der Waals surface area (Å²) in [7, 11) is 1.63. The van der Waals surface area contributed by atoms with Crippen molar-refractivity contribution in [3.63, 3.8) is 0 Å². The van der Waals surface area contributed by atoms with Gasteiger partial charge in [-0.3, -0.25) is 4.99 Å². The molecule has 2 aromatic carbocycles. The molecule has 3 nitrogen and oxygen atoms in total. The minimum absolute atomic E-state index is 0.412. The quantitative estimate of drug-likeness (QED) is 0.778. The van der Waals surface area contributed by atoms with Crippen molar-refractivity contribution < 1.29 is 4.74 Å². The lowest BCUT2D eigenvalue weighted by Crippen LogP contribution is -1.90. The molecule has 0 aliphatic carbocycles. The first-order chi connectivity index (χ1) is 10.3. The zero-order valence-corrected chi connectivity index (χ0v) is 11.9. The number of aliphatic imine (C=N–C) groups is 1. The van der Waals surface area contributed by atoms with Crippen LogP contribution in [-0.2, 0) is 6.54 Å². The van der Waals surface area contributed by atoms with E-state index in [1.165, 1.54) is 0 Å². The van der Waals surface area contributed by atoms with E-state index in [2.05, 4.69) is 11.1 Å². The summed E-state index contributed by atoms with van der Waals surface area (Å²) in [5.74, 6) is 0.811. The van der Waals surface area contributed by atoms with Crippen molar-refractivity contribution in [3.8, 4) is 11.8 Å². The summed E-state index contributed by atoms with van der Waals surface area (Å²) in [5.41, 5.74) is 2.50. The van der Waals surface area contributed by atoms with E-state index in [1.54, 1.807) is 13.2 Å². The van der Waals surface area contributed by atoms with Crippen LogP contribution in [0.3, 0.4) is 0 Å². The van der Waals surface area contributed by atoms with Gasteiger partial charge in [-0.15, -0.1) is 0 Å². The molecular formula is C18H16N2O. The van der Waals surface area contributed by atoms with Gasteiger partial charge in [0.1, 0.15) is 17.5 Å². The fourth-order valence-electron chi connectivity index (χ4n) is 1.78. The Bertz CT molecular complexity index is 665. The summed E-state index contributed by atoms with van der Waals surface area (Å²) in [4.78, 5) is 4.31. The molecule has 0 amide bonds. The van der Waals surface area contributed by atoms with Gasteiger partial charge in [0, 0.05) is 0 Å². The first kappa shape index (κ1) is 14.5. The van der Waals surface area contributed by atoms with Gasteiger partial charge in [0.05, 0.1) is 13.7 Å². The van der Waals surface area contributed by atoms with E-state index in [0.717, 1.165) is 16.9 Å². The average molecular weight is 276 g/mol. The van der Waals surface area contributed by atoms with Crippen molar-refractivity contribution in [2.45, 2.75) is 6.54 Å². The predicted octanol–water partition coefficient (Wildman–Crippen LogP) is 3.87.